The van der Waals surface area contributed by atoms with E-state index in [0.717, 1.165) is 25.2 Å². The van der Waals surface area contributed by atoms with Gasteiger partial charge in [-0.25, -0.2) is 0 Å². The summed E-state index contributed by atoms with van der Waals surface area (Å²) >= 11 is 0. The number of likely N-dealkylation sites (tertiary alicyclic amines) is 1. The van der Waals surface area contributed by atoms with E-state index < -0.39 is 0 Å². The summed E-state index contributed by atoms with van der Waals surface area (Å²) in [6, 6.07) is 1.48. The summed E-state index contributed by atoms with van der Waals surface area (Å²) in [6.07, 6.45) is 7.12. The third-order valence-electron chi connectivity index (χ3n) is 4.16. The highest BCUT2D eigenvalue weighted by atomic mass is 16.5. The number of hydrogen-bond acceptors (Lipinski definition) is 3. The van der Waals surface area contributed by atoms with Crippen molar-refractivity contribution < 1.29 is 4.74 Å². The Kier molecular flexibility index (Phi) is 4.62. The highest BCUT2D eigenvalue weighted by molar-refractivity contribution is 4.92. The van der Waals surface area contributed by atoms with Crippen LogP contribution in [0, 0.1) is 0 Å². The molecule has 1 saturated heterocycles. The van der Waals surface area contributed by atoms with Crippen LogP contribution in [0.2, 0.25) is 0 Å². The van der Waals surface area contributed by atoms with Gasteiger partial charge in [-0.15, -0.1) is 0 Å². The van der Waals surface area contributed by atoms with Gasteiger partial charge in [0.15, 0.2) is 0 Å². The van der Waals surface area contributed by atoms with Crippen molar-refractivity contribution in [3.8, 4) is 0 Å². The second-order valence-corrected chi connectivity index (χ2v) is 5.16. The molecular formula is C13H26N2O. The summed E-state index contributed by atoms with van der Waals surface area (Å²) in [5.41, 5.74) is 0. The van der Waals surface area contributed by atoms with E-state index in [1.165, 1.54) is 38.6 Å². The lowest BCUT2D eigenvalue weighted by Gasteiger charge is -2.38. The molecule has 0 amide bonds. The summed E-state index contributed by atoms with van der Waals surface area (Å²) in [5.74, 6) is 0. The Bertz CT molecular complexity index is 210. The molecule has 1 aliphatic carbocycles. The van der Waals surface area contributed by atoms with Crippen molar-refractivity contribution in [1.29, 1.82) is 0 Å². The van der Waals surface area contributed by atoms with Gasteiger partial charge in [-0.2, -0.15) is 0 Å². The first-order valence-electron chi connectivity index (χ1n) is 6.85. The van der Waals surface area contributed by atoms with E-state index in [1.807, 2.05) is 7.11 Å². The molecule has 16 heavy (non-hydrogen) atoms. The molecule has 3 heteroatoms. The van der Waals surface area contributed by atoms with E-state index in [0.29, 0.717) is 6.10 Å². The van der Waals surface area contributed by atoms with Crippen LogP contribution in [-0.2, 0) is 4.74 Å². The highest BCUT2D eigenvalue weighted by Gasteiger charge is 2.33. The minimum atomic E-state index is 0.469. The van der Waals surface area contributed by atoms with Crippen molar-refractivity contribution in [3.05, 3.63) is 0 Å². The Hall–Kier alpha value is -0.120. The maximum absolute atomic E-state index is 5.51. The van der Waals surface area contributed by atoms with E-state index in [-0.39, 0.29) is 0 Å². The fourth-order valence-electron chi connectivity index (χ4n) is 3.34. The molecule has 94 valence electrons. The first-order valence-corrected chi connectivity index (χ1v) is 6.85. The average molecular weight is 226 g/mol. The van der Waals surface area contributed by atoms with E-state index in [9.17, 15) is 0 Å². The van der Waals surface area contributed by atoms with Crippen LogP contribution in [0.4, 0.5) is 0 Å². The zero-order valence-corrected chi connectivity index (χ0v) is 10.7. The molecule has 0 spiro atoms. The molecule has 3 nitrogen and oxygen atoms in total. The van der Waals surface area contributed by atoms with Gasteiger partial charge in [0.2, 0.25) is 0 Å². The molecule has 3 atom stereocenters. The van der Waals surface area contributed by atoms with Crippen molar-refractivity contribution in [2.45, 2.75) is 57.2 Å². The van der Waals surface area contributed by atoms with Gasteiger partial charge in [0, 0.05) is 25.7 Å². The molecule has 2 aliphatic rings. The smallest absolute Gasteiger partial charge is 0.0698 e. The van der Waals surface area contributed by atoms with Crippen LogP contribution in [0.5, 0.6) is 0 Å². The van der Waals surface area contributed by atoms with Crippen LogP contribution in [0.15, 0.2) is 0 Å². The summed E-state index contributed by atoms with van der Waals surface area (Å²) in [4.78, 5) is 2.66. The molecule has 2 rings (SSSR count). The number of hydrogen-bond donors (Lipinski definition) is 1. The number of nitrogens with one attached hydrogen (secondary N) is 1. The van der Waals surface area contributed by atoms with Crippen LogP contribution in [-0.4, -0.2) is 49.8 Å². The monoisotopic (exact) mass is 226 g/mol. The number of ether oxygens (including phenoxy) is 1. The molecule has 0 aromatic rings. The van der Waals surface area contributed by atoms with Crippen molar-refractivity contribution in [2.24, 2.45) is 0 Å². The van der Waals surface area contributed by atoms with E-state index in [1.54, 1.807) is 0 Å². The van der Waals surface area contributed by atoms with E-state index in [4.69, 9.17) is 4.74 Å². The number of nitrogens with zero attached hydrogens (tertiary/aromatic N) is 1. The quantitative estimate of drug-likeness (QED) is 0.788. The van der Waals surface area contributed by atoms with Crippen LogP contribution in [0.1, 0.15) is 39.0 Å². The maximum Gasteiger partial charge on any atom is 0.0698 e. The molecule has 1 aliphatic heterocycles. The minimum Gasteiger partial charge on any atom is -0.380 e. The Morgan fingerprint density at radius 1 is 1.25 bits per heavy atom. The molecular weight excluding hydrogens is 200 g/mol. The van der Waals surface area contributed by atoms with Crippen molar-refractivity contribution in [3.63, 3.8) is 0 Å². The van der Waals surface area contributed by atoms with Gasteiger partial charge in [0.05, 0.1) is 6.10 Å². The highest BCUT2D eigenvalue weighted by Crippen LogP contribution is 2.27. The van der Waals surface area contributed by atoms with Gasteiger partial charge in [0.25, 0.3) is 0 Å². The zero-order valence-electron chi connectivity index (χ0n) is 10.7. The van der Waals surface area contributed by atoms with Gasteiger partial charge in [-0.05, 0) is 38.8 Å². The van der Waals surface area contributed by atoms with Crippen LogP contribution in [0.3, 0.4) is 0 Å². The second-order valence-electron chi connectivity index (χ2n) is 5.16. The minimum absolute atomic E-state index is 0.469. The summed E-state index contributed by atoms with van der Waals surface area (Å²) in [5, 5.41) is 3.64. The summed E-state index contributed by atoms with van der Waals surface area (Å²) in [6.45, 7) is 5.72. The Balaban J connectivity index is 1.89. The molecule has 0 radical (unpaired) electrons. The number of methoxy groups -OCH3 is 1. The SMILES string of the molecule is CCNC1CCCC1N1CCCC(OC)C1. The standard InChI is InChI=1S/C13H26N2O/c1-3-14-12-7-4-8-13(12)15-9-5-6-11(10-15)16-2/h11-14H,3-10H2,1-2H3. The molecule has 2 fully saturated rings. The van der Waals surface area contributed by atoms with Crippen LogP contribution < -0.4 is 5.32 Å². The lowest BCUT2D eigenvalue weighted by Crippen LogP contribution is -2.51. The predicted molar refractivity (Wildman–Crippen MR) is 66.7 cm³/mol. The topological polar surface area (TPSA) is 24.5 Å². The molecule has 3 unspecified atom stereocenters. The molecule has 1 N–H and O–H groups in total. The van der Waals surface area contributed by atoms with Gasteiger partial charge in [-0.3, -0.25) is 4.90 Å². The fourth-order valence-corrected chi connectivity index (χ4v) is 3.34. The predicted octanol–water partition coefficient (Wildman–Crippen LogP) is 1.63. The lowest BCUT2D eigenvalue weighted by molar-refractivity contribution is 0.0111. The molecule has 0 aromatic carbocycles. The molecule has 1 heterocycles. The van der Waals surface area contributed by atoms with Gasteiger partial charge in [0.1, 0.15) is 0 Å². The van der Waals surface area contributed by atoms with Crippen molar-refractivity contribution in [2.75, 3.05) is 26.7 Å². The normalized spacial score (nSPS) is 36.8. The Morgan fingerprint density at radius 2 is 2.12 bits per heavy atom. The summed E-state index contributed by atoms with van der Waals surface area (Å²) in [7, 11) is 1.85. The lowest BCUT2D eigenvalue weighted by atomic mass is 10.0. The maximum atomic E-state index is 5.51. The van der Waals surface area contributed by atoms with Gasteiger partial charge >= 0.3 is 0 Å². The second kappa shape index (κ2) is 5.99. The largest absolute Gasteiger partial charge is 0.380 e. The molecule has 0 aromatic heterocycles. The number of rotatable bonds is 4. The molecule has 1 saturated carbocycles. The van der Waals surface area contributed by atoms with E-state index in [2.05, 4.69) is 17.1 Å². The Morgan fingerprint density at radius 3 is 2.88 bits per heavy atom. The third-order valence-corrected chi connectivity index (χ3v) is 4.16. The summed E-state index contributed by atoms with van der Waals surface area (Å²) < 4.78 is 5.51. The van der Waals surface area contributed by atoms with Crippen molar-refractivity contribution in [1.82, 2.24) is 10.2 Å². The van der Waals surface area contributed by atoms with Crippen LogP contribution in [0.25, 0.3) is 0 Å². The van der Waals surface area contributed by atoms with E-state index >= 15 is 0 Å². The number of piperidine rings is 1. The number of likely N-dealkylation sites (N-methyl/N-ethyl adjacent to an activating group) is 1. The van der Waals surface area contributed by atoms with Crippen LogP contribution >= 0.6 is 0 Å². The first-order chi connectivity index (χ1) is 7.85. The first kappa shape index (κ1) is 12.3. The third kappa shape index (κ3) is 2.76. The Labute approximate surface area is 99.5 Å². The van der Waals surface area contributed by atoms with Gasteiger partial charge in [-0.1, -0.05) is 13.3 Å². The van der Waals surface area contributed by atoms with Gasteiger partial charge < -0.3 is 10.1 Å². The zero-order chi connectivity index (χ0) is 11.4. The average Bonchev–Trinajstić information content (AvgIpc) is 2.78. The fraction of sp³-hybridized carbons (Fsp3) is 1.00. The molecule has 0 bridgehead atoms. The van der Waals surface area contributed by atoms with Crippen molar-refractivity contribution >= 4 is 0 Å².